The normalized spacial score (nSPS) is 9.60. The van der Waals surface area contributed by atoms with Crippen LogP contribution < -0.4 is 16.2 Å². The number of nitrogens with zero attached hydrogens (tertiary/aromatic N) is 1. The summed E-state index contributed by atoms with van der Waals surface area (Å²) in [6, 6.07) is 13.0. The van der Waals surface area contributed by atoms with Gasteiger partial charge in [0.05, 0.1) is 11.2 Å². The molecule has 0 unspecified atom stereocenters. The Labute approximate surface area is 132 Å². The maximum absolute atomic E-state index is 5.83. The SMILES string of the molecule is Cl.Cl.Nc1ccccc1Oc1ccc2c(N)snc2c1. The second-order valence-corrected chi connectivity index (χ2v) is 4.67. The highest BCUT2D eigenvalue weighted by Crippen LogP contribution is 2.31. The first-order chi connectivity index (χ1) is 8.74. The third-order valence-electron chi connectivity index (χ3n) is 2.62. The summed E-state index contributed by atoms with van der Waals surface area (Å²) in [5, 5.41) is 1.67. The van der Waals surface area contributed by atoms with Gasteiger partial charge in [-0.05, 0) is 35.8 Å². The molecule has 2 aromatic carbocycles. The molecule has 0 saturated heterocycles. The monoisotopic (exact) mass is 329 g/mol. The predicted octanol–water partition coefficient (Wildman–Crippen LogP) is 4.10. The van der Waals surface area contributed by atoms with Crippen molar-refractivity contribution in [3.05, 3.63) is 42.5 Å². The van der Waals surface area contributed by atoms with E-state index in [1.807, 2.05) is 36.4 Å². The smallest absolute Gasteiger partial charge is 0.150 e. The topological polar surface area (TPSA) is 74.2 Å². The molecule has 0 radical (unpaired) electrons. The number of hydrogen-bond donors (Lipinski definition) is 2. The average molecular weight is 330 g/mol. The van der Waals surface area contributed by atoms with Gasteiger partial charge in [0.15, 0.2) is 0 Å². The van der Waals surface area contributed by atoms with Crippen molar-refractivity contribution < 1.29 is 4.74 Å². The molecule has 0 amide bonds. The van der Waals surface area contributed by atoms with Gasteiger partial charge in [0, 0.05) is 11.5 Å². The molecule has 106 valence electrons. The van der Waals surface area contributed by atoms with Crippen LogP contribution in [-0.4, -0.2) is 4.37 Å². The Morgan fingerprint density at radius 2 is 1.75 bits per heavy atom. The zero-order valence-electron chi connectivity index (χ0n) is 10.3. The number of para-hydroxylation sites is 2. The van der Waals surface area contributed by atoms with Crippen molar-refractivity contribution in [1.29, 1.82) is 0 Å². The van der Waals surface area contributed by atoms with Crippen molar-refractivity contribution in [3.8, 4) is 11.5 Å². The molecule has 7 heteroatoms. The molecule has 0 saturated carbocycles. The summed E-state index contributed by atoms with van der Waals surface area (Å²) in [4.78, 5) is 0. The van der Waals surface area contributed by atoms with Crippen LogP contribution in [0.1, 0.15) is 0 Å². The molecule has 4 nitrogen and oxygen atoms in total. The van der Waals surface area contributed by atoms with Crippen LogP contribution >= 0.6 is 36.3 Å². The van der Waals surface area contributed by atoms with Crippen LogP contribution in [0.25, 0.3) is 10.9 Å². The number of anilines is 2. The van der Waals surface area contributed by atoms with Crippen molar-refractivity contribution in [2.24, 2.45) is 0 Å². The summed E-state index contributed by atoms with van der Waals surface area (Å²) in [7, 11) is 0. The minimum atomic E-state index is 0. The molecular weight excluding hydrogens is 317 g/mol. The van der Waals surface area contributed by atoms with Crippen LogP contribution in [0, 0.1) is 0 Å². The molecule has 0 atom stereocenters. The van der Waals surface area contributed by atoms with E-state index in [2.05, 4.69) is 4.37 Å². The van der Waals surface area contributed by atoms with Crippen molar-refractivity contribution in [1.82, 2.24) is 4.37 Å². The van der Waals surface area contributed by atoms with E-state index in [1.165, 1.54) is 11.5 Å². The number of halogens is 2. The number of hydrogen-bond acceptors (Lipinski definition) is 5. The van der Waals surface area contributed by atoms with E-state index in [4.69, 9.17) is 16.2 Å². The van der Waals surface area contributed by atoms with E-state index in [9.17, 15) is 0 Å². The quantitative estimate of drug-likeness (QED) is 0.694. The number of rotatable bonds is 2. The van der Waals surface area contributed by atoms with Gasteiger partial charge in [0.1, 0.15) is 16.5 Å². The van der Waals surface area contributed by atoms with Gasteiger partial charge < -0.3 is 16.2 Å². The van der Waals surface area contributed by atoms with Crippen LogP contribution in [-0.2, 0) is 0 Å². The zero-order valence-corrected chi connectivity index (χ0v) is 12.7. The van der Waals surface area contributed by atoms with E-state index < -0.39 is 0 Å². The molecule has 4 N–H and O–H groups in total. The first-order valence-corrected chi connectivity index (χ1v) is 6.18. The first-order valence-electron chi connectivity index (χ1n) is 5.41. The molecule has 1 heterocycles. The Bertz CT molecular complexity index is 718. The average Bonchev–Trinajstić information content (AvgIpc) is 2.74. The Hall–Kier alpha value is -1.69. The minimum absolute atomic E-state index is 0. The lowest BCUT2D eigenvalue weighted by molar-refractivity contribution is 0.486. The van der Waals surface area contributed by atoms with Gasteiger partial charge in [-0.15, -0.1) is 24.8 Å². The summed E-state index contributed by atoms with van der Waals surface area (Å²) in [5.41, 5.74) is 13.1. The van der Waals surface area contributed by atoms with E-state index in [1.54, 1.807) is 6.07 Å². The van der Waals surface area contributed by atoms with Gasteiger partial charge in [0.2, 0.25) is 0 Å². The van der Waals surface area contributed by atoms with E-state index in [0.717, 1.165) is 15.9 Å². The Kier molecular flexibility index (Phi) is 5.44. The van der Waals surface area contributed by atoms with Crippen LogP contribution in [0.15, 0.2) is 42.5 Å². The van der Waals surface area contributed by atoms with Gasteiger partial charge >= 0.3 is 0 Å². The summed E-state index contributed by atoms with van der Waals surface area (Å²) >= 11 is 1.28. The molecule has 3 rings (SSSR count). The highest BCUT2D eigenvalue weighted by atomic mass is 35.5. The summed E-state index contributed by atoms with van der Waals surface area (Å²) in [6.07, 6.45) is 0. The highest BCUT2D eigenvalue weighted by Gasteiger charge is 2.06. The van der Waals surface area contributed by atoms with Crippen LogP contribution in [0.3, 0.4) is 0 Å². The molecule has 0 fully saturated rings. The van der Waals surface area contributed by atoms with Crippen molar-refractivity contribution in [2.75, 3.05) is 11.5 Å². The van der Waals surface area contributed by atoms with Gasteiger partial charge in [-0.2, -0.15) is 4.37 Å². The van der Waals surface area contributed by atoms with E-state index in [0.29, 0.717) is 17.2 Å². The maximum Gasteiger partial charge on any atom is 0.150 e. The lowest BCUT2D eigenvalue weighted by Gasteiger charge is -2.07. The Morgan fingerprint density at radius 1 is 1.00 bits per heavy atom. The molecule has 20 heavy (non-hydrogen) atoms. The number of ether oxygens (including phenoxy) is 1. The fourth-order valence-electron chi connectivity index (χ4n) is 1.71. The van der Waals surface area contributed by atoms with E-state index >= 15 is 0 Å². The van der Waals surface area contributed by atoms with Gasteiger partial charge in [0.25, 0.3) is 0 Å². The van der Waals surface area contributed by atoms with Crippen LogP contribution in [0.2, 0.25) is 0 Å². The van der Waals surface area contributed by atoms with Gasteiger partial charge in [-0.1, -0.05) is 12.1 Å². The molecule has 0 aliphatic heterocycles. The van der Waals surface area contributed by atoms with Crippen molar-refractivity contribution in [3.63, 3.8) is 0 Å². The second-order valence-electron chi connectivity index (χ2n) is 3.87. The second kappa shape index (κ2) is 6.65. The standard InChI is InChI=1S/C13H11N3OS.2ClH/c14-10-3-1-2-4-12(10)17-8-5-6-9-11(7-8)16-18-13(9)15;;/h1-7H,14-15H2;2*1H. The third kappa shape index (κ3) is 3.07. The molecular formula is C13H13Cl2N3OS. The van der Waals surface area contributed by atoms with Crippen molar-refractivity contribution >= 4 is 57.9 Å². The van der Waals surface area contributed by atoms with Gasteiger partial charge in [-0.3, -0.25) is 0 Å². The summed E-state index contributed by atoms with van der Waals surface area (Å²) in [5.74, 6) is 1.34. The lowest BCUT2D eigenvalue weighted by Crippen LogP contribution is -1.91. The maximum atomic E-state index is 5.83. The van der Waals surface area contributed by atoms with Crippen molar-refractivity contribution in [2.45, 2.75) is 0 Å². The Balaban J connectivity index is 0.000001000. The van der Waals surface area contributed by atoms with Crippen LogP contribution in [0.5, 0.6) is 11.5 Å². The number of nitrogens with two attached hydrogens (primary N) is 2. The molecule has 3 aromatic rings. The molecule has 1 aromatic heterocycles. The summed E-state index contributed by atoms with van der Waals surface area (Å²) < 4.78 is 9.97. The predicted molar refractivity (Wildman–Crippen MR) is 89.5 cm³/mol. The van der Waals surface area contributed by atoms with Gasteiger partial charge in [-0.25, -0.2) is 0 Å². The molecule has 0 aliphatic carbocycles. The lowest BCUT2D eigenvalue weighted by atomic mass is 10.2. The largest absolute Gasteiger partial charge is 0.455 e. The number of nitrogen functional groups attached to an aromatic ring is 2. The first kappa shape index (κ1) is 16.4. The highest BCUT2D eigenvalue weighted by molar-refractivity contribution is 7.11. The van der Waals surface area contributed by atoms with E-state index in [-0.39, 0.29) is 24.8 Å². The molecule has 0 spiro atoms. The fourth-order valence-corrected chi connectivity index (χ4v) is 2.33. The number of aromatic nitrogens is 1. The molecule has 0 bridgehead atoms. The summed E-state index contributed by atoms with van der Waals surface area (Å²) in [6.45, 7) is 0. The Morgan fingerprint density at radius 3 is 2.50 bits per heavy atom. The number of benzene rings is 2. The molecule has 0 aliphatic rings. The van der Waals surface area contributed by atoms with Crippen LogP contribution in [0.4, 0.5) is 10.7 Å². The number of fused-ring (bicyclic) bond motifs is 1. The zero-order chi connectivity index (χ0) is 12.5. The third-order valence-corrected chi connectivity index (χ3v) is 3.33. The fraction of sp³-hybridized carbons (Fsp3) is 0. The minimum Gasteiger partial charge on any atom is -0.455 e.